The molecule has 0 bridgehead atoms. The summed E-state index contributed by atoms with van der Waals surface area (Å²) in [5, 5.41) is 3.58. The molecule has 0 aromatic heterocycles. The third-order valence-electron chi connectivity index (χ3n) is 4.17. The van der Waals surface area contributed by atoms with Gasteiger partial charge in [0, 0.05) is 19.8 Å². The normalized spacial score (nSPS) is 31.6. The van der Waals surface area contributed by atoms with E-state index in [1.54, 1.807) is 7.11 Å². The Hall–Kier alpha value is -0.610. The highest BCUT2D eigenvalue weighted by atomic mass is 16.5. The number of hydrogen-bond acceptors (Lipinski definition) is 4. The smallest absolute Gasteiger partial charge is 0.326 e. The highest BCUT2D eigenvalue weighted by molar-refractivity contribution is 5.82. The lowest BCUT2D eigenvalue weighted by molar-refractivity contribution is -0.153. The molecule has 2 saturated carbocycles. The van der Waals surface area contributed by atoms with Crippen LogP contribution >= 0.6 is 0 Å². The van der Waals surface area contributed by atoms with Crippen molar-refractivity contribution in [3.63, 3.8) is 0 Å². The van der Waals surface area contributed by atoms with Crippen LogP contribution in [0.25, 0.3) is 0 Å². The maximum atomic E-state index is 12.4. The summed E-state index contributed by atoms with van der Waals surface area (Å²) in [7, 11) is 1.72. The third kappa shape index (κ3) is 2.86. The van der Waals surface area contributed by atoms with Crippen LogP contribution in [0.5, 0.6) is 0 Å². The predicted octanol–water partition coefficient (Wildman–Crippen LogP) is 1.88. The lowest BCUT2D eigenvalue weighted by atomic mass is 9.84. The SMILES string of the molecule is CCOC(=O)C1(NC2CC2)CCCC1CCOC. The molecule has 2 rings (SSSR count). The lowest BCUT2D eigenvalue weighted by Crippen LogP contribution is -2.56. The van der Waals surface area contributed by atoms with E-state index < -0.39 is 5.54 Å². The molecule has 0 aromatic carbocycles. The Labute approximate surface area is 109 Å². The largest absolute Gasteiger partial charge is 0.465 e. The van der Waals surface area contributed by atoms with Gasteiger partial charge in [-0.15, -0.1) is 0 Å². The zero-order chi connectivity index (χ0) is 13.0. The molecule has 2 fully saturated rings. The van der Waals surface area contributed by atoms with E-state index in [-0.39, 0.29) is 5.97 Å². The molecule has 0 aromatic rings. The summed E-state index contributed by atoms with van der Waals surface area (Å²) in [5.41, 5.74) is -0.435. The molecule has 2 aliphatic rings. The second-order valence-electron chi connectivity index (χ2n) is 5.48. The molecule has 18 heavy (non-hydrogen) atoms. The molecule has 2 aliphatic carbocycles. The maximum absolute atomic E-state index is 12.4. The Morgan fingerprint density at radius 3 is 2.78 bits per heavy atom. The first kappa shape index (κ1) is 13.8. The first-order chi connectivity index (χ1) is 8.73. The zero-order valence-corrected chi connectivity index (χ0v) is 11.5. The van der Waals surface area contributed by atoms with E-state index in [9.17, 15) is 4.79 Å². The number of esters is 1. The molecule has 2 unspecified atom stereocenters. The summed E-state index contributed by atoms with van der Waals surface area (Å²) in [4.78, 5) is 12.4. The molecular weight excluding hydrogens is 230 g/mol. The van der Waals surface area contributed by atoms with Gasteiger partial charge in [0.25, 0.3) is 0 Å². The summed E-state index contributed by atoms with van der Waals surface area (Å²) in [5.74, 6) is 0.313. The molecule has 4 heteroatoms. The molecule has 0 heterocycles. The van der Waals surface area contributed by atoms with Gasteiger partial charge in [-0.25, -0.2) is 0 Å². The van der Waals surface area contributed by atoms with Crippen LogP contribution in [0.1, 0.15) is 45.4 Å². The van der Waals surface area contributed by atoms with Crippen LogP contribution in [0.3, 0.4) is 0 Å². The van der Waals surface area contributed by atoms with Crippen LogP contribution < -0.4 is 5.32 Å². The second kappa shape index (κ2) is 6.02. The van der Waals surface area contributed by atoms with Crippen molar-refractivity contribution in [1.29, 1.82) is 0 Å². The fourth-order valence-corrected chi connectivity index (χ4v) is 3.10. The van der Waals surface area contributed by atoms with Crippen LogP contribution in [0, 0.1) is 5.92 Å². The van der Waals surface area contributed by atoms with Crippen LogP contribution in [-0.4, -0.2) is 37.9 Å². The molecule has 0 spiro atoms. The fourth-order valence-electron chi connectivity index (χ4n) is 3.10. The summed E-state index contributed by atoms with van der Waals surface area (Å²) < 4.78 is 10.5. The van der Waals surface area contributed by atoms with Crippen molar-refractivity contribution in [2.45, 2.75) is 57.0 Å². The van der Waals surface area contributed by atoms with Gasteiger partial charge in [-0.05, 0) is 44.9 Å². The van der Waals surface area contributed by atoms with Gasteiger partial charge in [0.15, 0.2) is 0 Å². The van der Waals surface area contributed by atoms with E-state index in [1.165, 1.54) is 12.8 Å². The van der Waals surface area contributed by atoms with E-state index in [2.05, 4.69) is 5.32 Å². The lowest BCUT2D eigenvalue weighted by Gasteiger charge is -2.34. The van der Waals surface area contributed by atoms with E-state index in [0.29, 0.717) is 18.6 Å². The minimum Gasteiger partial charge on any atom is -0.465 e. The van der Waals surface area contributed by atoms with Crippen molar-refractivity contribution in [2.75, 3.05) is 20.3 Å². The summed E-state index contributed by atoms with van der Waals surface area (Å²) in [6.45, 7) is 3.06. The molecule has 0 saturated heterocycles. The molecule has 1 N–H and O–H groups in total. The third-order valence-corrected chi connectivity index (χ3v) is 4.17. The first-order valence-corrected chi connectivity index (χ1v) is 7.16. The van der Waals surface area contributed by atoms with Gasteiger partial charge in [-0.1, -0.05) is 6.42 Å². The number of nitrogens with one attached hydrogen (secondary N) is 1. The van der Waals surface area contributed by atoms with Gasteiger partial charge in [0.05, 0.1) is 6.61 Å². The van der Waals surface area contributed by atoms with Crippen molar-refractivity contribution in [1.82, 2.24) is 5.32 Å². The van der Waals surface area contributed by atoms with Crippen molar-refractivity contribution in [2.24, 2.45) is 5.92 Å². The number of ether oxygens (including phenoxy) is 2. The Balaban J connectivity index is 2.08. The van der Waals surface area contributed by atoms with Gasteiger partial charge in [0.2, 0.25) is 0 Å². The number of carbonyl (C=O) groups excluding carboxylic acids is 1. The molecule has 0 amide bonds. The Morgan fingerprint density at radius 1 is 1.39 bits per heavy atom. The average molecular weight is 255 g/mol. The average Bonchev–Trinajstić information content (AvgIpc) is 3.07. The molecule has 0 radical (unpaired) electrons. The van der Waals surface area contributed by atoms with Crippen molar-refractivity contribution in [3.8, 4) is 0 Å². The summed E-state index contributed by atoms with van der Waals surface area (Å²) in [6, 6.07) is 0.526. The van der Waals surface area contributed by atoms with E-state index in [1.807, 2.05) is 6.92 Å². The number of methoxy groups -OCH3 is 1. The molecule has 2 atom stereocenters. The van der Waals surface area contributed by atoms with Gasteiger partial charge in [-0.2, -0.15) is 0 Å². The van der Waals surface area contributed by atoms with E-state index in [0.717, 1.165) is 32.3 Å². The second-order valence-corrected chi connectivity index (χ2v) is 5.48. The van der Waals surface area contributed by atoms with Gasteiger partial charge >= 0.3 is 5.97 Å². The standard InChI is InChI=1S/C14H25NO3/c1-3-18-13(16)14(15-12-6-7-12)9-4-5-11(14)8-10-17-2/h11-12,15H,3-10H2,1-2H3. The Bertz CT molecular complexity index is 291. The van der Waals surface area contributed by atoms with Gasteiger partial charge < -0.3 is 9.47 Å². The van der Waals surface area contributed by atoms with E-state index in [4.69, 9.17) is 9.47 Å². The van der Waals surface area contributed by atoms with Crippen LogP contribution in [0.2, 0.25) is 0 Å². The minimum absolute atomic E-state index is 0.0458. The van der Waals surface area contributed by atoms with Crippen molar-refractivity contribution in [3.05, 3.63) is 0 Å². The highest BCUT2D eigenvalue weighted by Gasteiger charge is 2.51. The Morgan fingerprint density at radius 2 is 2.17 bits per heavy atom. The van der Waals surface area contributed by atoms with Crippen LogP contribution in [0.4, 0.5) is 0 Å². The monoisotopic (exact) mass is 255 g/mol. The maximum Gasteiger partial charge on any atom is 0.326 e. The fraction of sp³-hybridized carbons (Fsp3) is 0.929. The summed E-state index contributed by atoms with van der Waals surface area (Å²) >= 11 is 0. The molecular formula is C14H25NO3. The number of hydrogen-bond donors (Lipinski definition) is 1. The first-order valence-electron chi connectivity index (χ1n) is 7.16. The van der Waals surface area contributed by atoms with Crippen LogP contribution in [0.15, 0.2) is 0 Å². The molecule has 4 nitrogen and oxygen atoms in total. The highest BCUT2D eigenvalue weighted by Crippen LogP contribution is 2.41. The Kier molecular flexibility index (Phi) is 4.62. The zero-order valence-electron chi connectivity index (χ0n) is 11.5. The van der Waals surface area contributed by atoms with Gasteiger partial charge in [-0.3, -0.25) is 10.1 Å². The minimum atomic E-state index is -0.435. The van der Waals surface area contributed by atoms with E-state index >= 15 is 0 Å². The van der Waals surface area contributed by atoms with Gasteiger partial charge in [0.1, 0.15) is 5.54 Å². The summed E-state index contributed by atoms with van der Waals surface area (Å²) in [6.07, 6.45) is 6.44. The molecule has 0 aliphatic heterocycles. The quantitative estimate of drug-likeness (QED) is 0.706. The molecule has 104 valence electrons. The number of rotatable bonds is 7. The number of carbonyl (C=O) groups is 1. The van der Waals surface area contributed by atoms with Crippen molar-refractivity contribution >= 4 is 5.97 Å². The van der Waals surface area contributed by atoms with Crippen molar-refractivity contribution < 1.29 is 14.3 Å². The topological polar surface area (TPSA) is 47.6 Å². The predicted molar refractivity (Wildman–Crippen MR) is 69.4 cm³/mol. The van der Waals surface area contributed by atoms with Crippen LogP contribution in [-0.2, 0) is 14.3 Å².